The van der Waals surface area contributed by atoms with E-state index in [9.17, 15) is 4.79 Å². The minimum absolute atomic E-state index is 0.154. The molecule has 2 N–H and O–H groups in total. The van der Waals surface area contributed by atoms with E-state index < -0.39 is 5.97 Å². The van der Waals surface area contributed by atoms with Crippen LogP contribution in [0.5, 0.6) is 0 Å². The molecule has 0 radical (unpaired) electrons. The molecule has 1 heterocycles. The van der Waals surface area contributed by atoms with Gasteiger partial charge in [-0.25, -0.2) is 9.78 Å². The minimum atomic E-state index is -0.994. The number of rotatable bonds is 3. The molecule has 0 aliphatic rings. The molecular weight excluding hydrogens is 240 g/mol. The van der Waals surface area contributed by atoms with Crippen molar-refractivity contribution >= 4 is 29.1 Å². The summed E-state index contributed by atoms with van der Waals surface area (Å²) in [6.45, 7) is 0. The Balaban J connectivity index is 2.16. The second-order valence-electron chi connectivity index (χ2n) is 3.37. The second kappa shape index (κ2) is 4.84. The van der Waals surface area contributed by atoms with E-state index in [1.54, 1.807) is 18.2 Å². The molecule has 0 aliphatic carbocycles. The van der Waals surface area contributed by atoms with Crippen LogP contribution in [0.4, 0.5) is 11.5 Å². The third kappa shape index (κ3) is 2.95. The van der Waals surface area contributed by atoms with Gasteiger partial charge in [-0.05, 0) is 30.3 Å². The molecule has 0 atom stereocenters. The van der Waals surface area contributed by atoms with Crippen LogP contribution in [-0.2, 0) is 0 Å². The van der Waals surface area contributed by atoms with Crippen LogP contribution in [0.25, 0.3) is 0 Å². The molecule has 2 rings (SSSR count). The number of halogens is 1. The second-order valence-corrected chi connectivity index (χ2v) is 3.81. The minimum Gasteiger partial charge on any atom is -0.478 e. The Kier molecular flexibility index (Phi) is 3.25. The monoisotopic (exact) mass is 248 g/mol. The number of nitrogens with one attached hydrogen (secondary N) is 1. The Morgan fingerprint density at radius 3 is 2.71 bits per heavy atom. The maximum Gasteiger partial charge on any atom is 0.337 e. The van der Waals surface area contributed by atoms with Gasteiger partial charge in [0.25, 0.3) is 0 Å². The van der Waals surface area contributed by atoms with Crippen LogP contribution >= 0.6 is 11.6 Å². The molecule has 1 aromatic carbocycles. The number of aromatic carboxylic acids is 1. The Labute approximate surface area is 103 Å². The number of carboxylic acid groups (broad SMARTS) is 1. The highest BCUT2D eigenvalue weighted by atomic mass is 35.5. The summed E-state index contributed by atoms with van der Waals surface area (Å²) < 4.78 is 0. The number of hydrogen-bond donors (Lipinski definition) is 2. The zero-order valence-corrected chi connectivity index (χ0v) is 9.48. The van der Waals surface area contributed by atoms with Crippen LogP contribution in [0.15, 0.2) is 42.6 Å². The van der Waals surface area contributed by atoms with E-state index in [4.69, 9.17) is 16.7 Å². The third-order valence-electron chi connectivity index (χ3n) is 2.11. The molecule has 0 unspecified atom stereocenters. The maximum absolute atomic E-state index is 10.6. The van der Waals surface area contributed by atoms with Gasteiger partial charge in [-0.2, -0.15) is 0 Å². The van der Waals surface area contributed by atoms with E-state index in [1.807, 2.05) is 12.1 Å². The largest absolute Gasteiger partial charge is 0.478 e. The predicted octanol–water partition coefficient (Wildman–Crippen LogP) is 3.18. The van der Waals surface area contributed by atoms with Crippen molar-refractivity contribution in [3.05, 3.63) is 53.2 Å². The van der Waals surface area contributed by atoms with Crippen molar-refractivity contribution in [2.75, 3.05) is 5.32 Å². The van der Waals surface area contributed by atoms with E-state index >= 15 is 0 Å². The zero-order valence-electron chi connectivity index (χ0n) is 8.72. The number of anilines is 2. The van der Waals surface area contributed by atoms with Crippen LogP contribution in [0, 0.1) is 0 Å². The van der Waals surface area contributed by atoms with Crippen molar-refractivity contribution in [3.8, 4) is 0 Å². The molecule has 0 bridgehead atoms. The molecule has 17 heavy (non-hydrogen) atoms. The summed E-state index contributed by atoms with van der Waals surface area (Å²) in [5.74, 6) is -0.427. The van der Waals surface area contributed by atoms with Gasteiger partial charge in [-0.3, -0.25) is 0 Å². The number of pyridine rings is 1. The molecule has 86 valence electrons. The fraction of sp³-hybridized carbons (Fsp3) is 0. The van der Waals surface area contributed by atoms with Crippen molar-refractivity contribution in [1.29, 1.82) is 0 Å². The first kappa shape index (κ1) is 11.4. The first-order chi connectivity index (χ1) is 8.15. The van der Waals surface area contributed by atoms with E-state index in [-0.39, 0.29) is 5.56 Å². The Bertz CT molecular complexity index is 540. The van der Waals surface area contributed by atoms with Gasteiger partial charge in [0.05, 0.1) is 5.56 Å². The highest BCUT2D eigenvalue weighted by Gasteiger charge is 2.03. The lowest BCUT2D eigenvalue weighted by atomic mass is 10.3. The molecule has 2 aromatic rings. The molecule has 1 aromatic heterocycles. The first-order valence-electron chi connectivity index (χ1n) is 4.87. The van der Waals surface area contributed by atoms with Crippen molar-refractivity contribution in [2.24, 2.45) is 0 Å². The summed E-state index contributed by atoms with van der Waals surface area (Å²) in [6, 6.07) is 10.3. The van der Waals surface area contributed by atoms with Crippen molar-refractivity contribution in [2.45, 2.75) is 0 Å². The van der Waals surface area contributed by atoms with Gasteiger partial charge in [0.15, 0.2) is 0 Å². The number of nitrogens with zero attached hydrogens (tertiary/aromatic N) is 1. The summed E-state index contributed by atoms with van der Waals surface area (Å²) in [5.41, 5.74) is 0.953. The van der Waals surface area contributed by atoms with Gasteiger partial charge in [-0.15, -0.1) is 0 Å². The number of carboxylic acids is 1. The summed E-state index contributed by atoms with van der Waals surface area (Å²) >= 11 is 5.84. The topological polar surface area (TPSA) is 62.2 Å². The molecule has 0 fully saturated rings. The number of aromatic nitrogens is 1. The van der Waals surface area contributed by atoms with Crippen molar-refractivity contribution < 1.29 is 9.90 Å². The first-order valence-corrected chi connectivity index (χ1v) is 5.25. The van der Waals surface area contributed by atoms with Crippen LogP contribution in [0.3, 0.4) is 0 Å². The van der Waals surface area contributed by atoms with Gasteiger partial charge in [0.1, 0.15) is 5.82 Å². The molecule has 4 nitrogen and oxygen atoms in total. The van der Waals surface area contributed by atoms with Crippen molar-refractivity contribution in [1.82, 2.24) is 4.98 Å². The quantitative estimate of drug-likeness (QED) is 0.876. The summed E-state index contributed by atoms with van der Waals surface area (Å²) in [6.07, 6.45) is 1.30. The van der Waals surface area contributed by atoms with E-state index in [1.165, 1.54) is 12.3 Å². The number of hydrogen-bond acceptors (Lipinski definition) is 3. The van der Waals surface area contributed by atoms with Gasteiger partial charge in [0.2, 0.25) is 0 Å². The highest BCUT2D eigenvalue weighted by molar-refractivity contribution is 6.30. The lowest BCUT2D eigenvalue weighted by Crippen LogP contribution is -1.99. The summed E-state index contributed by atoms with van der Waals surface area (Å²) in [4.78, 5) is 14.6. The van der Waals surface area contributed by atoms with E-state index in [2.05, 4.69) is 10.3 Å². The standard InChI is InChI=1S/C12H9ClN2O2/c13-9-2-1-3-10(6-9)15-11-5-4-8(7-14-11)12(16)17/h1-7H,(H,14,15)(H,16,17). The maximum atomic E-state index is 10.6. The Morgan fingerprint density at radius 1 is 1.29 bits per heavy atom. The van der Waals surface area contributed by atoms with Gasteiger partial charge in [0, 0.05) is 16.9 Å². The Morgan fingerprint density at radius 2 is 2.12 bits per heavy atom. The molecular formula is C12H9ClN2O2. The van der Waals surface area contributed by atoms with Crippen LogP contribution in [0.2, 0.25) is 5.02 Å². The summed E-state index contributed by atoms with van der Waals surface area (Å²) in [5, 5.41) is 12.4. The smallest absolute Gasteiger partial charge is 0.337 e. The number of carbonyl (C=O) groups is 1. The molecule has 5 heteroatoms. The fourth-order valence-corrected chi connectivity index (χ4v) is 1.50. The van der Waals surface area contributed by atoms with Gasteiger partial charge < -0.3 is 10.4 Å². The normalized spacial score (nSPS) is 9.94. The molecule has 0 spiro atoms. The van der Waals surface area contributed by atoms with Gasteiger partial charge >= 0.3 is 5.97 Å². The lowest BCUT2D eigenvalue weighted by molar-refractivity contribution is 0.0696. The molecule has 0 amide bonds. The zero-order chi connectivity index (χ0) is 12.3. The van der Waals surface area contributed by atoms with Crippen LogP contribution in [-0.4, -0.2) is 16.1 Å². The summed E-state index contributed by atoms with van der Waals surface area (Å²) in [7, 11) is 0. The van der Waals surface area contributed by atoms with E-state index in [0.29, 0.717) is 10.8 Å². The van der Waals surface area contributed by atoms with Gasteiger partial charge in [-0.1, -0.05) is 17.7 Å². The predicted molar refractivity (Wildman–Crippen MR) is 65.9 cm³/mol. The fourth-order valence-electron chi connectivity index (χ4n) is 1.31. The Hall–Kier alpha value is -2.07. The lowest BCUT2D eigenvalue weighted by Gasteiger charge is -2.05. The van der Waals surface area contributed by atoms with Crippen LogP contribution < -0.4 is 5.32 Å². The molecule has 0 saturated carbocycles. The van der Waals surface area contributed by atoms with Crippen LogP contribution in [0.1, 0.15) is 10.4 Å². The van der Waals surface area contributed by atoms with E-state index in [0.717, 1.165) is 5.69 Å². The number of benzene rings is 1. The molecule has 0 aliphatic heterocycles. The SMILES string of the molecule is O=C(O)c1ccc(Nc2cccc(Cl)c2)nc1. The third-order valence-corrected chi connectivity index (χ3v) is 2.34. The highest BCUT2D eigenvalue weighted by Crippen LogP contribution is 2.18. The average molecular weight is 249 g/mol. The van der Waals surface area contributed by atoms with Crippen molar-refractivity contribution in [3.63, 3.8) is 0 Å². The average Bonchev–Trinajstić information content (AvgIpc) is 2.29. The molecule has 0 saturated heterocycles.